The first kappa shape index (κ1) is 13.4. The number of fused-ring (bicyclic) bond motifs is 1. The van der Waals surface area contributed by atoms with E-state index in [1.54, 1.807) is 6.92 Å². The molecule has 0 spiro atoms. The Bertz CT molecular complexity index is 708. The largest absolute Gasteiger partial charge is 0.480 e. The number of amides is 1. The van der Waals surface area contributed by atoms with Crippen LogP contribution in [0.4, 0.5) is 0 Å². The molecule has 2 aromatic rings. The van der Waals surface area contributed by atoms with Crippen LogP contribution in [-0.4, -0.2) is 38.1 Å². The third-order valence-electron chi connectivity index (χ3n) is 3.85. The minimum atomic E-state index is -0.987. The van der Waals surface area contributed by atoms with Crippen molar-refractivity contribution in [1.29, 1.82) is 0 Å². The zero-order valence-electron chi connectivity index (χ0n) is 11.5. The van der Waals surface area contributed by atoms with Crippen LogP contribution < -0.4 is 0 Å². The smallest absolute Gasteiger partial charge is 0.326 e. The number of rotatable bonds is 2. The molecule has 0 fully saturated rings. The summed E-state index contributed by atoms with van der Waals surface area (Å²) in [6, 6.07) is 6.77. The number of nitrogens with zero attached hydrogens (tertiary/aromatic N) is 2. The second-order valence-corrected chi connectivity index (χ2v) is 5.17. The third-order valence-corrected chi connectivity index (χ3v) is 3.85. The Morgan fingerprint density at radius 1 is 1.33 bits per heavy atom. The molecule has 6 nitrogen and oxygen atoms in total. The summed E-state index contributed by atoms with van der Waals surface area (Å²) in [6.45, 7) is 2.05. The topological polar surface area (TPSA) is 86.3 Å². The van der Waals surface area contributed by atoms with E-state index in [9.17, 15) is 14.7 Å². The molecule has 1 aromatic carbocycles. The Labute approximate surface area is 121 Å². The number of benzene rings is 1. The van der Waals surface area contributed by atoms with Crippen LogP contribution in [0, 0.1) is 6.92 Å². The van der Waals surface area contributed by atoms with Gasteiger partial charge in [-0.1, -0.05) is 24.3 Å². The monoisotopic (exact) mass is 285 g/mol. The van der Waals surface area contributed by atoms with Crippen molar-refractivity contribution in [3.05, 3.63) is 52.8 Å². The first-order valence-corrected chi connectivity index (χ1v) is 6.68. The fraction of sp³-hybridized carbons (Fsp3) is 0.267. The van der Waals surface area contributed by atoms with Gasteiger partial charge in [0.05, 0.1) is 11.8 Å². The fourth-order valence-corrected chi connectivity index (χ4v) is 2.68. The number of aliphatic carboxylic acids is 1. The fourth-order valence-electron chi connectivity index (χ4n) is 2.68. The molecular formula is C15H15N3O3. The number of aromatic nitrogens is 2. The summed E-state index contributed by atoms with van der Waals surface area (Å²) in [4.78, 5) is 25.5. The molecule has 1 aliphatic heterocycles. The maximum absolute atomic E-state index is 12.6. The lowest BCUT2D eigenvalue weighted by molar-refractivity contribution is -0.142. The average Bonchev–Trinajstić information content (AvgIpc) is 2.91. The van der Waals surface area contributed by atoms with Crippen molar-refractivity contribution in [3.63, 3.8) is 0 Å². The lowest BCUT2D eigenvalue weighted by Crippen LogP contribution is -2.48. The molecule has 3 rings (SSSR count). The van der Waals surface area contributed by atoms with Gasteiger partial charge >= 0.3 is 5.97 Å². The highest BCUT2D eigenvalue weighted by Gasteiger charge is 2.35. The second-order valence-electron chi connectivity index (χ2n) is 5.17. The zero-order valence-corrected chi connectivity index (χ0v) is 11.5. The van der Waals surface area contributed by atoms with Gasteiger partial charge in [0.15, 0.2) is 0 Å². The number of aryl methyl sites for hydroxylation is 1. The number of nitrogens with one attached hydrogen (secondary N) is 1. The van der Waals surface area contributed by atoms with Crippen LogP contribution in [0.2, 0.25) is 0 Å². The van der Waals surface area contributed by atoms with E-state index in [4.69, 9.17) is 0 Å². The molecule has 2 heterocycles. The molecule has 2 N–H and O–H groups in total. The minimum absolute atomic E-state index is 0.302. The maximum Gasteiger partial charge on any atom is 0.326 e. The van der Waals surface area contributed by atoms with Gasteiger partial charge < -0.3 is 10.0 Å². The second kappa shape index (κ2) is 5.05. The number of carbonyl (C=O) groups is 2. The van der Waals surface area contributed by atoms with Crippen molar-refractivity contribution in [1.82, 2.24) is 15.1 Å². The maximum atomic E-state index is 12.6. The standard InChI is InChI=1S/C15H15N3O3/c1-9-12(7-16-17-9)14(19)18-8-11-5-3-2-4-10(11)6-13(18)15(20)21/h2-5,7,13H,6,8H2,1H3,(H,16,17)(H,20,21). The number of hydrogen-bond donors (Lipinski definition) is 2. The molecule has 6 heteroatoms. The van der Waals surface area contributed by atoms with E-state index in [-0.39, 0.29) is 5.91 Å². The summed E-state index contributed by atoms with van der Waals surface area (Å²) in [5, 5.41) is 16.0. The lowest BCUT2D eigenvalue weighted by Gasteiger charge is -2.34. The Morgan fingerprint density at radius 3 is 2.67 bits per heavy atom. The first-order valence-electron chi connectivity index (χ1n) is 6.68. The van der Waals surface area contributed by atoms with Crippen LogP contribution in [0.1, 0.15) is 27.2 Å². The normalized spacial score (nSPS) is 17.4. The molecule has 0 bridgehead atoms. The quantitative estimate of drug-likeness (QED) is 0.872. The van der Waals surface area contributed by atoms with Gasteiger partial charge in [-0.2, -0.15) is 5.10 Å². The van der Waals surface area contributed by atoms with Gasteiger partial charge in [-0.05, 0) is 18.1 Å². The Morgan fingerprint density at radius 2 is 2.05 bits per heavy atom. The summed E-state index contributed by atoms with van der Waals surface area (Å²) in [5.74, 6) is -1.29. The van der Waals surface area contributed by atoms with Crippen molar-refractivity contribution in [2.75, 3.05) is 0 Å². The van der Waals surface area contributed by atoms with E-state index in [0.29, 0.717) is 24.2 Å². The SMILES string of the molecule is Cc1[nH]ncc1C(=O)N1Cc2ccccc2CC1C(=O)O. The molecule has 0 saturated heterocycles. The average molecular weight is 285 g/mol. The molecule has 1 aliphatic rings. The van der Waals surface area contributed by atoms with E-state index >= 15 is 0 Å². The van der Waals surface area contributed by atoms with Crippen molar-refractivity contribution in [2.45, 2.75) is 25.9 Å². The Hall–Kier alpha value is -2.63. The van der Waals surface area contributed by atoms with Crippen LogP contribution in [0.25, 0.3) is 0 Å². The number of H-pyrrole nitrogens is 1. The first-order chi connectivity index (χ1) is 10.1. The van der Waals surface area contributed by atoms with Crippen LogP contribution in [0.3, 0.4) is 0 Å². The number of carbonyl (C=O) groups excluding carboxylic acids is 1. The summed E-state index contributed by atoms with van der Waals surface area (Å²) in [7, 11) is 0. The molecular weight excluding hydrogens is 270 g/mol. The predicted octanol–water partition coefficient (Wildman–Crippen LogP) is 1.37. The highest BCUT2D eigenvalue weighted by molar-refractivity contribution is 5.97. The van der Waals surface area contributed by atoms with E-state index in [0.717, 1.165) is 11.1 Å². The van der Waals surface area contributed by atoms with E-state index in [1.807, 2.05) is 24.3 Å². The number of carboxylic acids is 1. The number of hydrogen-bond acceptors (Lipinski definition) is 3. The number of carboxylic acid groups (broad SMARTS) is 1. The molecule has 0 saturated carbocycles. The molecule has 1 aromatic heterocycles. The van der Waals surface area contributed by atoms with Crippen molar-refractivity contribution < 1.29 is 14.7 Å². The van der Waals surface area contributed by atoms with Crippen LogP contribution in [-0.2, 0) is 17.8 Å². The van der Waals surface area contributed by atoms with Gasteiger partial charge in [0.1, 0.15) is 6.04 Å². The molecule has 1 unspecified atom stereocenters. The molecule has 0 radical (unpaired) electrons. The van der Waals surface area contributed by atoms with Crippen molar-refractivity contribution in [3.8, 4) is 0 Å². The van der Waals surface area contributed by atoms with Gasteiger partial charge in [0.25, 0.3) is 5.91 Å². The molecule has 1 amide bonds. The van der Waals surface area contributed by atoms with Crippen LogP contribution in [0.5, 0.6) is 0 Å². The van der Waals surface area contributed by atoms with Crippen molar-refractivity contribution >= 4 is 11.9 Å². The Kier molecular flexibility index (Phi) is 3.21. The Balaban J connectivity index is 1.98. The van der Waals surface area contributed by atoms with Crippen molar-refractivity contribution in [2.24, 2.45) is 0 Å². The zero-order chi connectivity index (χ0) is 15.0. The van der Waals surface area contributed by atoms with Crippen LogP contribution in [0.15, 0.2) is 30.5 Å². The van der Waals surface area contributed by atoms with Gasteiger partial charge in [-0.25, -0.2) is 4.79 Å². The van der Waals surface area contributed by atoms with E-state index in [1.165, 1.54) is 11.1 Å². The summed E-state index contributed by atoms with van der Waals surface area (Å²) < 4.78 is 0. The number of aromatic amines is 1. The van der Waals surface area contributed by atoms with Gasteiger partial charge in [-0.3, -0.25) is 9.89 Å². The third kappa shape index (κ3) is 2.29. The highest BCUT2D eigenvalue weighted by Crippen LogP contribution is 2.25. The summed E-state index contributed by atoms with van der Waals surface area (Å²) in [6.07, 6.45) is 1.77. The van der Waals surface area contributed by atoms with E-state index in [2.05, 4.69) is 10.2 Å². The highest BCUT2D eigenvalue weighted by atomic mass is 16.4. The molecule has 1 atom stereocenters. The summed E-state index contributed by atoms with van der Waals surface area (Å²) in [5.41, 5.74) is 3.03. The van der Waals surface area contributed by atoms with Gasteiger partial charge in [0, 0.05) is 18.7 Å². The summed E-state index contributed by atoms with van der Waals surface area (Å²) >= 11 is 0. The molecule has 21 heavy (non-hydrogen) atoms. The predicted molar refractivity (Wildman–Crippen MR) is 74.8 cm³/mol. The van der Waals surface area contributed by atoms with Gasteiger partial charge in [0.2, 0.25) is 0 Å². The minimum Gasteiger partial charge on any atom is -0.480 e. The van der Waals surface area contributed by atoms with Gasteiger partial charge in [-0.15, -0.1) is 0 Å². The molecule has 0 aliphatic carbocycles. The van der Waals surface area contributed by atoms with Crippen LogP contribution >= 0.6 is 0 Å². The molecule has 108 valence electrons. The lowest BCUT2D eigenvalue weighted by atomic mass is 9.93. The van der Waals surface area contributed by atoms with E-state index < -0.39 is 12.0 Å².